The molecule has 0 aliphatic carbocycles. The quantitative estimate of drug-likeness (QED) is 0.0316. The van der Waals surface area contributed by atoms with Crippen LogP contribution in [0.3, 0.4) is 0 Å². The molecule has 0 heterocycles. The average Bonchev–Trinajstić information content (AvgIpc) is 3.15. The van der Waals surface area contributed by atoms with Crippen molar-refractivity contribution in [2.24, 2.45) is 0 Å². The SMILES string of the molecule is CCCCCCCCCCCC/C=C\CCCCCCCCC(O)C(=O)NC(CO)C(O)C(O)CCCCCCCCCCCCCCCCCC. The lowest BCUT2D eigenvalue weighted by Crippen LogP contribution is -2.53. The lowest BCUT2D eigenvalue weighted by molar-refractivity contribution is -0.132. The number of nitrogens with one attached hydrogen (secondary N) is 1. The van der Waals surface area contributed by atoms with Crippen LogP contribution in [0.2, 0.25) is 0 Å². The second-order valence-corrected chi connectivity index (χ2v) is 16.1. The van der Waals surface area contributed by atoms with E-state index in [9.17, 15) is 25.2 Å². The van der Waals surface area contributed by atoms with Crippen molar-refractivity contribution in [2.75, 3.05) is 6.61 Å². The first kappa shape index (κ1) is 51.0. The van der Waals surface area contributed by atoms with Crippen LogP contribution >= 0.6 is 0 Å². The number of rotatable bonds is 42. The Kier molecular flexibility index (Phi) is 40.5. The van der Waals surface area contributed by atoms with Crippen LogP contribution in [-0.4, -0.2) is 57.3 Å². The second-order valence-electron chi connectivity index (χ2n) is 16.1. The highest BCUT2D eigenvalue weighted by atomic mass is 16.3. The summed E-state index contributed by atoms with van der Waals surface area (Å²) in [4.78, 5) is 12.5. The minimum absolute atomic E-state index is 0.365. The molecule has 310 valence electrons. The molecule has 0 spiro atoms. The molecule has 4 atom stereocenters. The van der Waals surface area contributed by atoms with E-state index in [2.05, 4.69) is 31.3 Å². The number of carbonyl (C=O) groups excluding carboxylic acids is 1. The lowest BCUT2D eigenvalue weighted by atomic mass is 9.99. The van der Waals surface area contributed by atoms with Crippen molar-refractivity contribution in [3.8, 4) is 0 Å². The van der Waals surface area contributed by atoms with Gasteiger partial charge in [-0.15, -0.1) is 0 Å². The van der Waals surface area contributed by atoms with Crippen molar-refractivity contribution in [1.82, 2.24) is 5.32 Å². The van der Waals surface area contributed by atoms with Gasteiger partial charge < -0.3 is 25.7 Å². The number of hydrogen-bond donors (Lipinski definition) is 5. The molecular formula is C46H91NO5. The van der Waals surface area contributed by atoms with Gasteiger partial charge in [0.1, 0.15) is 12.2 Å². The highest BCUT2D eigenvalue weighted by Crippen LogP contribution is 2.17. The lowest BCUT2D eigenvalue weighted by Gasteiger charge is -2.27. The first-order chi connectivity index (χ1) is 25.5. The van der Waals surface area contributed by atoms with Crippen molar-refractivity contribution in [2.45, 2.75) is 269 Å². The third kappa shape index (κ3) is 34.8. The molecule has 0 saturated heterocycles. The molecule has 0 aliphatic rings. The summed E-state index contributed by atoms with van der Waals surface area (Å²) in [6.07, 6.45) is 45.2. The Labute approximate surface area is 323 Å². The molecule has 6 nitrogen and oxygen atoms in total. The molecule has 0 rings (SSSR count). The molecule has 0 radical (unpaired) electrons. The molecule has 6 heteroatoms. The maximum atomic E-state index is 12.5. The molecule has 0 aromatic heterocycles. The van der Waals surface area contributed by atoms with E-state index in [1.165, 1.54) is 173 Å². The van der Waals surface area contributed by atoms with E-state index >= 15 is 0 Å². The third-order valence-corrected chi connectivity index (χ3v) is 11.0. The number of aliphatic hydroxyl groups excluding tert-OH is 4. The molecule has 4 unspecified atom stereocenters. The fraction of sp³-hybridized carbons (Fsp3) is 0.935. The van der Waals surface area contributed by atoms with Crippen molar-refractivity contribution in [3.63, 3.8) is 0 Å². The number of carbonyl (C=O) groups is 1. The van der Waals surface area contributed by atoms with Gasteiger partial charge in [-0.1, -0.05) is 219 Å². The fourth-order valence-corrected chi connectivity index (χ4v) is 7.28. The Hall–Kier alpha value is -0.950. The van der Waals surface area contributed by atoms with Crippen LogP contribution in [0.25, 0.3) is 0 Å². The zero-order chi connectivity index (χ0) is 38.2. The summed E-state index contributed by atoms with van der Waals surface area (Å²) in [5.41, 5.74) is 0. The van der Waals surface area contributed by atoms with E-state index in [0.717, 1.165) is 44.9 Å². The average molecular weight is 738 g/mol. The number of amides is 1. The molecule has 52 heavy (non-hydrogen) atoms. The fourth-order valence-electron chi connectivity index (χ4n) is 7.28. The largest absolute Gasteiger partial charge is 0.394 e. The zero-order valence-corrected chi connectivity index (χ0v) is 34.8. The normalized spacial score (nSPS) is 14.2. The van der Waals surface area contributed by atoms with Crippen molar-refractivity contribution >= 4 is 5.91 Å². The Morgan fingerprint density at radius 1 is 0.462 bits per heavy atom. The Morgan fingerprint density at radius 2 is 0.769 bits per heavy atom. The molecule has 0 bridgehead atoms. The predicted molar refractivity (Wildman–Crippen MR) is 224 cm³/mol. The van der Waals surface area contributed by atoms with Gasteiger partial charge in [0, 0.05) is 0 Å². The maximum Gasteiger partial charge on any atom is 0.249 e. The summed E-state index contributed by atoms with van der Waals surface area (Å²) >= 11 is 0. The van der Waals surface area contributed by atoms with Crippen molar-refractivity contribution in [1.29, 1.82) is 0 Å². The van der Waals surface area contributed by atoms with Crippen molar-refractivity contribution in [3.05, 3.63) is 12.2 Å². The van der Waals surface area contributed by atoms with Gasteiger partial charge in [-0.3, -0.25) is 4.79 Å². The first-order valence-corrected chi connectivity index (χ1v) is 23.1. The summed E-state index contributed by atoms with van der Waals surface area (Å²) < 4.78 is 0. The molecule has 1 amide bonds. The summed E-state index contributed by atoms with van der Waals surface area (Å²) in [5.74, 6) is -0.586. The Morgan fingerprint density at radius 3 is 1.12 bits per heavy atom. The number of hydrogen-bond acceptors (Lipinski definition) is 5. The number of allylic oxidation sites excluding steroid dienone is 2. The van der Waals surface area contributed by atoms with Gasteiger partial charge >= 0.3 is 0 Å². The molecule has 0 aromatic carbocycles. The first-order valence-electron chi connectivity index (χ1n) is 23.1. The maximum absolute atomic E-state index is 12.5. The van der Waals surface area contributed by atoms with Gasteiger partial charge in [0.15, 0.2) is 0 Å². The third-order valence-electron chi connectivity index (χ3n) is 11.0. The van der Waals surface area contributed by atoms with E-state index in [1.807, 2.05) is 0 Å². The molecule has 0 aromatic rings. The molecule has 0 aliphatic heterocycles. The van der Waals surface area contributed by atoms with E-state index in [4.69, 9.17) is 0 Å². The van der Waals surface area contributed by atoms with Gasteiger partial charge in [-0.25, -0.2) is 0 Å². The van der Waals surface area contributed by atoms with Crippen LogP contribution in [0.15, 0.2) is 12.2 Å². The van der Waals surface area contributed by atoms with Crippen LogP contribution in [0.5, 0.6) is 0 Å². The molecule has 0 saturated carbocycles. The summed E-state index contributed by atoms with van der Waals surface area (Å²) in [6, 6.07) is -0.984. The number of unbranched alkanes of at least 4 members (excludes halogenated alkanes) is 31. The summed E-state index contributed by atoms with van der Waals surface area (Å²) in [7, 11) is 0. The van der Waals surface area contributed by atoms with E-state index in [1.54, 1.807) is 0 Å². The topological polar surface area (TPSA) is 110 Å². The molecule has 0 fully saturated rings. The predicted octanol–water partition coefficient (Wildman–Crippen LogP) is 12.2. The zero-order valence-electron chi connectivity index (χ0n) is 34.8. The van der Waals surface area contributed by atoms with Crippen LogP contribution in [-0.2, 0) is 4.79 Å². The minimum atomic E-state index is -1.26. The van der Waals surface area contributed by atoms with E-state index in [0.29, 0.717) is 12.8 Å². The highest BCUT2D eigenvalue weighted by molar-refractivity contribution is 5.80. The highest BCUT2D eigenvalue weighted by Gasteiger charge is 2.28. The number of aliphatic hydroxyl groups is 4. The minimum Gasteiger partial charge on any atom is -0.394 e. The van der Waals surface area contributed by atoms with Crippen molar-refractivity contribution < 1.29 is 25.2 Å². The second kappa shape index (κ2) is 41.2. The van der Waals surface area contributed by atoms with Crippen LogP contribution < -0.4 is 5.32 Å². The van der Waals surface area contributed by atoms with Gasteiger partial charge in [0.25, 0.3) is 0 Å². The Bertz CT molecular complexity index is 746. The van der Waals surface area contributed by atoms with Gasteiger partial charge in [-0.2, -0.15) is 0 Å². The molecular weight excluding hydrogens is 647 g/mol. The smallest absolute Gasteiger partial charge is 0.249 e. The van der Waals surface area contributed by atoms with Crippen LogP contribution in [0.1, 0.15) is 245 Å². The standard InChI is InChI=1S/C46H91NO5/c1-3-5-7-9-11-13-15-17-19-21-22-23-24-26-28-30-32-34-36-38-40-44(50)46(52)47-42(41-48)45(51)43(49)39-37-35-33-31-29-27-25-20-18-16-14-12-10-8-6-4-2/h23-24,42-45,48-51H,3-22,25-41H2,1-2H3,(H,47,52)/b24-23-. The monoisotopic (exact) mass is 738 g/mol. The van der Waals surface area contributed by atoms with Gasteiger partial charge in [0.05, 0.1) is 18.8 Å². The summed E-state index contributed by atoms with van der Waals surface area (Å²) in [6.45, 7) is 4.06. The van der Waals surface area contributed by atoms with Crippen LogP contribution in [0.4, 0.5) is 0 Å². The van der Waals surface area contributed by atoms with Gasteiger partial charge in [-0.05, 0) is 38.5 Å². The van der Waals surface area contributed by atoms with Crippen LogP contribution in [0, 0.1) is 0 Å². The van der Waals surface area contributed by atoms with E-state index in [-0.39, 0.29) is 0 Å². The Balaban J connectivity index is 3.71. The van der Waals surface area contributed by atoms with Gasteiger partial charge in [0.2, 0.25) is 5.91 Å². The molecule has 5 N–H and O–H groups in total. The van der Waals surface area contributed by atoms with E-state index < -0.39 is 36.9 Å². The summed E-state index contributed by atoms with van der Waals surface area (Å²) in [5, 5.41) is 43.7.